The Morgan fingerprint density at radius 1 is 1.45 bits per heavy atom. The molecule has 1 N–H and O–H groups in total. The molecule has 2 nitrogen and oxygen atoms in total. The Hall–Kier alpha value is -0.180. The summed E-state index contributed by atoms with van der Waals surface area (Å²) in [5.74, 6) is 0.0420. The Bertz CT molecular complexity index is 123. The van der Waals surface area contributed by atoms with Crippen molar-refractivity contribution >= 4 is 18.6 Å². The fourth-order valence-electron chi connectivity index (χ4n) is 0.827. The maximum atomic E-state index is 10.5. The summed E-state index contributed by atoms with van der Waals surface area (Å²) < 4.78 is 0. The summed E-state index contributed by atoms with van der Waals surface area (Å²) in [5, 5.41) is 8.64. The Kier molecular flexibility index (Phi) is 5.38. The zero-order valence-electron chi connectivity index (χ0n) is 7.08. The van der Waals surface area contributed by atoms with Gasteiger partial charge in [0.1, 0.15) is 0 Å². The van der Waals surface area contributed by atoms with Gasteiger partial charge in [-0.2, -0.15) is 12.6 Å². The maximum absolute atomic E-state index is 10.5. The van der Waals surface area contributed by atoms with E-state index >= 15 is 0 Å². The first-order valence-electron chi connectivity index (χ1n) is 3.91. The second-order valence-electron chi connectivity index (χ2n) is 3.19. The molecule has 0 heterocycles. The quantitative estimate of drug-likeness (QED) is 0.629. The Balaban J connectivity index is 3.61. The normalized spacial score (nSPS) is 13.5. The van der Waals surface area contributed by atoms with E-state index < -0.39 is 5.97 Å². The molecule has 1 unspecified atom stereocenters. The number of carboxylic acids is 1. The van der Waals surface area contributed by atoms with Gasteiger partial charge in [0.2, 0.25) is 0 Å². The molecule has 11 heavy (non-hydrogen) atoms. The van der Waals surface area contributed by atoms with E-state index in [1.54, 1.807) is 0 Å². The van der Waals surface area contributed by atoms with Crippen molar-refractivity contribution in [1.29, 1.82) is 0 Å². The predicted octanol–water partition coefficient (Wildman–Crippen LogP) is 2.05. The lowest BCUT2D eigenvalue weighted by Gasteiger charge is -2.09. The van der Waals surface area contributed by atoms with Gasteiger partial charge in [0.05, 0.1) is 5.92 Å². The van der Waals surface area contributed by atoms with Crippen molar-refractivity contribution in [3.05, 3.63) is 0 Å². The molecule has 0 aromatic carbocycles. The average Bonchev–Trinajstić information content (AvgIpc) is 1.87. The summed E-state index contributed by atoms with van der Waals surface area (Å²) in [7, 11) is 0. The molecule has 0 radical (unpaired) electrons. The molecule has 0 fully saturated rings. The van der Waals surface area contributed by atoms with Crippen molar-refractivity contribution in [3.63, 3.8) is 0 Å². The van der Waals surface area contributed by atoms with E-state index in [4.69, 9.17) is 5.11 Å². The molecule has 0 aliphatic heterocycles. The topological polar surface area (TPSA) is 37.3 Å². The van der Waals surface area contributed by atoms with Gasteiger partial charge < -0.3 is 5.11 Å². The molecule has 0 aromatic rings. The molecule has 66 valence electrons. The van der Waals surface area contributed by atoms with Crippen molar-refractivity contribution in [1.82, 2.24) is 0 Å². The van der Waals surface area contributed by atoms with Crippen LogP contribution in [0.4, 0.5) is 0 Å². The summed E-state index contributed by atoms with van der Waals surface area (Å²) in [6, 6.07) is 0. The summed E-state index contributed by atoms with van der Waals surface area (Å²) in [6.45, 7) is 4.19. The number of thiol groups is 1. The van der Waals surface area contributed by atoms with Gasteiger partial charge in [0, 0.05) is 5.75 Å². The first kappa shape index (κ1) is 10.8. The third-order valence-electron chi connectivity index (χ3n) is 1.66. The highest BCUT2D eigenvalue weighted by Crippen LogP contribution is 2.13. The van der Waals surface area contributed by atoms with Gasteiger partial charge in [-0.25, -0.2) is 0 Å². The van der Waals surface area contributed by atoms with Crippen LogP contribution in [0.15, 0.2) is 0 Å². The highest BCUT2D eigenvalue weighted by molar-refractivity contribution is 7.80. The molecule has 0 spiro atoms. The summed E-state index contributed by atoms with van der Waals surface area (Å²) in [5.41, 5.74) is 0. The number of carbonyl (C=O) groups is 1. The van der Waals surface area contributed by atoms with Crippen LogP contribution in [0.3, 0.4) is 0 Å². The highest BCUT2D eigenvalue weighted by atomic mass is 32.1. The van der Waals surface area contributed by atoms with Crippen molar-refractivity contribution in [3.8, 4) is 0 Å². The number of hydrogen-bond donors (Lipinski definition) is 2. The molecule has 0 aliphatic carbocycles. The molecular weight excluding hydrogens is 160 g/mol. The lowest BCUT2D eigenvalue weighted by Crippen LogP contribution is -2.15. The van der Waals surface area contributed by atoms with Crippen LogP contribution < -0.4 is 0 Å². The van der Waals surface area contributed by atoms with E-state index in [-0.39, 0.29) is 5.92 Å². The zero-order chi connectivity index (χ0) is 8.85. The van der Waals surface area contributed by atoms with E-state index in [1.807, 2.05) is 0 Å². The maximum Gasteiger partial charge on any atom is 0.307 e. The Morgan fingerprint density at radius 3 is 2.27 bits per heavy atom. The number of carboxylic acid groups (broad SMARTS) is 1. The minimum absolute atomic E-state index is 0.263. The van der Waals surface area contributed by atoms with E-state index in [9.17, 15) is 4.79 Å². The van der Waals surface area contributed by atoms with Crippen LogP contribution >= 0.6 is 12.6 Å². The van der Waals surface area contributed by atoms with Gasteiger partial charge in [0.15, 0.2) is 0 Å². The van der Waals surface area contributed by atoms with Crippen molar-refractivity contribution in [2.75, 3.05) is 5.75 Å². The van der Waals surface area contributed by atoms with Crippen LogP contribution in [-0.2, 0) is 4.79 Å². The van der Waals surface area contributed by atoms with Crippen LogP contribution in [0.2, 0.25) is 0 Å². The summed E-state index contributed by atoms with van der Waals surface area (Å²) in [4.78, 5) is 10.5. The molecule has 0 saturated heterocycles. The van der Waals surface area contributed by atoms with Gasteiger partial charge >= 0.3 is 5.97 Å². The van der Waals surface area contributed by atoms with Gasteiger partial charge in [-0.05, 0) is 12.3 Å². The summed E-state index contributed by atoms with van der Waals surface area (Å²) >= 11 is 3.98. The summed E-state index contributed by atoms with van der Waals surface area (Å²) in [6.07, 6.45) is 1.72. The highest BCUT2D eigenvalue weighted by Gasteiger charge is 2.14. The second-order valence-corrected chi connectivity index (χ2v) is 3.55. The molecule has 1 atom stereocenters. The third-order valence-corrected chi connectivity index (χ3v) is 2.10. The molecule has 0 amide bonds. The SMILES string of the molecule is CC(C)CCC(CS)C(=O)O. The van der Waals surface area contributed by atoms with Gasteiger partial charge in [0.25, 0.3) is 0 Å². The first-order chi connectivity index (χ1) is 5.07. The monoisotopic (exact) mass is 176 g/mol. The number of aliphatic carboxylic acids is 1. The van der Waals surface area contributed by atoms with Crippen LogP contribution in [0.5, 0.6) is 0 Å². The molecule has 0 aliphatic rings. The van der Waals surface area contributed by atoms with Gasteiger partial charge in [-0.3, -0.25) is 4.79 Å². The van der Waals surface area contributed by atoms with Crippen LogP contribution in [0, 0.1) is 11.8 Å². The van der Waals surface area contributed by atoms with Crippen molar-refractivity contribution < 1.29 is 9.90 Å². The van der Waals surface area contributed by atoms with Crippen LogP contribution in [0.1, 0.15) is 26.7 Å². The second kappa shape index (κ2) is 5.47. The molecule has 0 aromatic heterocycles. The zero-order valence-corrected chi connectivity index (χ0v) is 7.97. The lowest BCUT2D eigenvalue weighted by atomic mass is 9.99. The van der Waals surface area contributed by atoms with Crippen molar-refractivity contribution in [2.45, 2.75) is 26.7 Å². The predicted molar refractivity (Wildman–Crippen MR) is 49.1 cm³/mol. The minimum atomic E-state index is -0.722. The van der Waals surface area contributed by atoms with E-state index in [1.165, 1.54) is 0 Å². The van der Waals surface area contributed by atoms with E-state index in [2.05, 4.69) is 26.5 Å². The molecular formula is C8H16O2S. The number of hydrogen-bond acceptors (Lipinski definition) is 2. The van der Waals surface area contributed by atoms with Gasteiger partial charge in [-0.15, -0.1) is 0 Å². The lowest BCUT2D eigenvalue weighted by molar-refractivity contribution is -0.141. The van der Waals surface area contributed by atoms with Crippen LogP contribution in [-0.4, -0.2) is 16.8 Å². The average molecular weight is 176 g/mol. The molecule has 0 bridgehead atoms. The fraction of sp³-hybridized carbons (Fsp3) is 0.875. The molecule has 3 heteroatoms. The standard InChI is InChI=1S/C8H16O2S/c1-6(2)3-4-7(5-11)8(9)10/h6-7,11H,3-5H2,1-2H3,(H,9,10). The number of rotatable bonds is 5. The van der Waals surface area contributed by atoms with E-state index in [0.29, 0.717) is 11.7 Å². The molecule has 0 rings (SSSR count). The van der Waals surface area contributed by atoms with E-state index in [0.717, 1.165) is 12.8 Å². The minimum Gasteiger partial charge on any atom is -0.481 e. The first-order valence-corrected chi connectivity index (χ1v) is 4.54. The smallest absolute Gasteiger partial charge is 0.307 e. The largest absolute Gasteiger partial charge is 0.481 e. The fourth-order valence-corrected chi connectivity index (χ4v) is 1.17. The van der Waals surface area contributed by atoms with Crippen molar-refractivity contribution in [2.24, 2.45) is 11.8 Å². The Morgan fingerprint density at radius 2 is 2.00 bits per heavy atom. The Labute approximate surface area is 73.4 Å². The van der Waals surface area contributed by atoms with Crippen LogP contribution in [0.25, 0.3) is 0 Å². The third kappa shape index (κ3) is 5.13. The van der Waals surface area contributed by atoms with Gasteiger partial charge in [-0.1, -0.05) is 20.3 Å². The molecule has 0 saturated carbocycles.